The van der Waals surface area contributed by atoms with E-state index in [2.05, 4.69) is 4.98 Å². The van der Waals surface area contributed by atoms with E-state index in [1.165, 1.54) is 11.3 Å². The lowest BCUT2D eigenvalue weighted by Crippen LogP contribution is -1.95. The van der Waals surface area contributed by atoms with Gasteiger partial charge in [-0.25, -0.2) is 9.78 Å². The first-order valence-electron chi connectivity index (χ1n) is 3.98. The molecule has 0 saturated carbocycles. The molecule has 2 heterocycles. The van der Waals surface area contributed by atoms with Crippen LogP contribution in [0.3, 0.4) is 0 Å². The third kappa shape index (κ3) is 1.54. The molecule has 4 nitrogen and oxygen atoms in total. The van der Waals surface area contributed by atoms with Crippen molar-refractivity contribution in [1.82, 2.24) is 9.55 Å². The molecule has 0 atom stereocenters. The van der Waals surface area contributed by atoms with E-state index in [-0.39, 0.29) is 5.69 Å². The SMILES string of the molecule is Cn1ccc(-c2nc(C(=O)O)cs2)c1. The van der Waals surface area contributed by atoms with Gasteiger partial charge in [0, 0.05) is 30.4 Å². The maximum atomic E-state index is 10.6. The van der Waals surface area contributed by atoms with Crippen LogP contribution in [0.4, 0.5) is 0 Å². The van der Waals surface area contributed by atoms with Gasteiger partial charge in [-0.3, -0.25) is 0 Å². The molecule has 2 aromatic rings. The number of nitrogens with zero attached hydrogens (tertiary/aromatic N) is 2. The molecule has 2 rings (SSSR count). The molecule has 0 radical (unpaired) electrons. The molecule has 0 aliphatic carbocycles. The number of aryl methyl sites for hydroxylation is 1. The summed E-state index contributed by atoms with van der Waals surface area (Å²) in [7, 11) is 1.91. The molecular weight excluding hydrogens is 200 g/mol. The lowest BCUT2D eigenvalue weighted by atomic mass is 10.3. The summed E-state index contributed by atoms with van der Waals surface area (Å²) in [6.07, 6.45) is 3.81. The molecule has 0 amide bonds. The van der Waals surface area contributed by atoms with Crippen LogP contribution in [0.15, 0.2) is 23.8 Å². The molecule has 0 aromatic carbocycles. The van der Waals surface area contributed by atoms with Gasteiger partial charge in [0.25, 0.3) is 0 Å². The van der Waals surface area contributed by atoms with E-state index in [1.807, 2.05) is 30.1 Å². The van der Waals surface area contributed by atoms with Gasteiger partial charge in [-0.2, -0.15) is 0 Å². The lowest BCUT2D eigenvalue weighted by molar-refractivity contribution is 0.0691. The first-order chi connectivity index (χ1) is 6.66. The summed E-state index contributed by atoms with van der Waals surface area (Å²) in [4.78, 5) is 14.6. The normalized spacial score (nSPS) is 10.4. The van der Waals surface area contributed by atoms with Gasteiger partial charge in [-0.05, 0) is 6.07 Å². The Balaban J connectivity index is 2.38. The number of aromatic nitrogens is 2. The first kappa shape index (κ1) is 8.96. The molecule has 0 spiro atoms. The predicted octanol–water partition coefficient (Wildman–Crippen LogP) is 1.85. The summed E-state index contributed by atoms with van der Waals surface area (Å²) < 4.78 is 1.90. The Hall–Kier alpha value is -1.62. The molecule has 0 aliphatic heterocycles. The van der Waals surface area contributed by atoms with Gasteiger partial charge in [0.2, 0.25) is 0 Å². The molecular formula is C9H8N2O2S. The van der Waals surface area contributed by atoms with Crippen LogP contribution in [-0.4, -0.2) is 20.6 Å². The Morgan fingerprint density at radius 2 is 2.43 bits per heavy atom. The number of rotatable bonds is 2. The number of carbonyl (C=O) groups is 1. The minimum Gasteiger partial charge on any atom is -0.476 e. The van der Waals surface area contributed by atoms with E-state index in [1.54, 1.807) is 5.38 Å². The van der Waals surface area contributed by atoms with Crippen LogP contribution in [0.25, 0.3) is 10.6 Å². The van der Waals surface area contributed by atoms with Gasteiger partial charge in [0.1, 0.15) is 5.01 Å². The second-order valence-corrected chi connectivity index (χ2v) is 3.77. The Morgan fingerprint density at radius 1 is 1.64 bits per heavy atom. The highest BCUT2D eigenvalue weighted by Crippen LogP contribution is 2.23. The van der Waals surface area contributed by atoms with E-state index in [0.717, 1.165) is 10.6 Å². The van der Waals surface area contributed by atoms with E-state index < -0.39 is 5.97 Å². The van der Waals surface area contributed by atoms with E-state index in [0.29, 0.717) is 0 Å². The van der Waals surface area contributed by atoms with Crippen molar-refractivity contribution in [3.8, 4) is 10.6 Å². The smallest absolute Gasteiger partial charge is 0.355 e. The van der Waals surface area contributed by atoms with Crippen LogP contribution in [0.5, 0.6) is 0 Å². The van der Waals surface area contributed by atoms with Gasteiger partial charge in [0.05, 0.1) is 0 Å². The summed E-state index contributed by atoms with van der Waals surface area (Å²) in [6.45, 7) is 0. The van der Waals surface area contributed by atoms with Crippen molar-refractivity contribution in [2.75, 3.05) is 0 Å². The van der Waals surface area contributed by atoms with Crippen LogP contribution in [0.2, 0.25) is 0 Å². The topological polar surface area (TPSA) is 55.1 Å². The Labute approximate surface area is 84.5 Å². The summed E-state index contributed by atoms with van der Waals surface area (Å²) >= 11 is 1.34. The Morgan fingerprint density at radius 3 is 2.93 bits per heavy atom. The summed E-state index contributed by atoms with van der Waals surface area (Å²) in [5, 5.41) is 11.0. The van der Waals surface area contributed by atoms with Crippen molar-refractivity contribution < 1.29 is 9.90 Å². The second kappa shape index (κ2) is 3.26. The molecule has 0 aliphatic rings. The van der Waals surface area contributed by atoms with Crippen molar-refractivity contribution in [1.29, 1.82) is 0 Å². The number of carboxylic acids is 1. The van der Waals surface area contributed by atoms with Crippen LogP contribution in [0.1, 0.15) is 10.5 Å². The van der Waals surface area contributed by atoms with Crippen LogP contribution >= 0.6 is 11.3 Å². The lowest BCUT2D eigenvalue weighted by Gasteiger charge is -1.88. The van der Waals surface area contributed by atoms with Gasteiger partial charge in [0.15, 0.2) is 5.69 Å². The van der Waals surface area contributed by atoms with Crippen molar-refractivity contribution in [3.63, 3.8) is 0 Å². The quantitative estimate of drug-likeness (QED) is 0.819. The third-order valence-corrected chi connectivity index (χ3v) is 2.69. The first-order valence-corrected chi connectivity index (χ1v) is 4.86. The zero-order valence-corrected chi connectivity index (χ0v) is 8.28. The Bertz CT molecular complexity index is 473. The number of hydrogen-bond acceptors (Lipinski definition) is 3. The molecule has 72 valence electrons. The standard InChI is InChI=1S/C9H8N2O2S/c1-11-3-2-6(4-11)8-10-7(5-14-8)9(12)13/h2-5H,1H3,(H,12,13). The van der Waals surface area contributed by atoms with Crippen LogP contribution < -0.4 is 0 Å². The summed E-state index contributed by atoms with van der Waals surface area (Å²) in [6, 6.07) is 1.91. The molecule has 0 fully saturated rings. The minimum absolute atomic E-state index is 0.105. The van der Waals surface area contributed by atoms with Gasteiger partial charge >= 0.3 is 5.97 Å². The highest BCUT2D eigenvalue weighted by Gasteiger charge is 2.10. The maximum Gasteiger partial charge on any atom is 0.355 e. The molecule has 2 aromatic heterocycles. The van der Waals surface area contributed by atoms with Crippen LogP contribution in [0, 0.1) is 0 Å². The van der Waals surface area contributed by atoms with E-state index in [4.69, 9.17) is 5.11 Å². The van der Waals surface area contributed by atoms with Crippen molar-refractivity contribution >= 4 is 17.3 Å². The number of thiazole rings is 1. The molecule has 1 N–H and O–H groups in total. The van der Waals surface area contributed by atoms with Crippen LogP contribution in [-0.2, 0) is 7.05 Å². The van der Waals surface area contributed by atoms with Gasteiger partial charge in [-0.15, -0.1) is 11.3 Å². The summed E-state index contributed by atoms with van der Waals surface area (Å²) in [5.74, 6) is -0.983. The van der Waals surface area contributed by atoms with E-state index in [9.17, 15) is 4.79 Å². The molecule has 0 unspecified atom stereocenters. The minimum atomic E-state index is -0.983. The molecule has 0 bridgehead atoms. The largest absolute Gasteiger partial charge is 0.476 e. The average Bonchev–Trinajstić information content (AvgIpc) is 2.70. The number of aromatic carboxylic acids is 1. The number of hydrogen-bond donors (Lipinski definition) is 1. The van der Waals surface area contributed by atoms with Crippen molar-refractivity contribution in [2.24, 2.45) is 7.05 Å². The number of carboxylic acid groups (broad SMARTS) is 1. The highest BCUT2D eigenvalue weighted by molar-refractivity contribution is 7.13. The monoisotopic (exact) mass is 208 g/mol. The maximum absolute atomic E-state index is 10.6. The fourth-order valence-electron chi connectivity index (χ4n) is 1.13. The van der Waals surface area contributed by atoms with Crippen molar-refractivity contribution in [3.05, 3.63) is 29.5 Å². The zero-order valence-electron chi connectivity index (χ0n) is 7.47. The third-order valence-electron chi connectivity index (χ3n) is 1.80. The van der Waals surface area contributed by atoms with Gasteiger partial charge < -0.3 is 9.67 Å². The average molecular weight is 208 g/mol. The predicted molar refractivity (Wildman–Crippen MR) is 53.5 cm³/mol. The fourth-order valence-corrected chi connectivity index (χ4v) is 1.92. The van der Waals surface area contributed by atoms with Crippen molar-refractivity contribution in [2.45, 2.75) is 0 Å². The molecule has 14 heavy (non-hydrogen) atoms. The second-order valence-electron chi connectivity index (χ2n) is 2.91. The molecule has 0 saturated heterocycles. The highest BCUT2D eigenvalue weighted by atomic mass is 32.1. The fraction of sp³-hybridized carbons (Fsp3) is 0.111. The van der Waals surface area contributed by atoms with E-state index >= 15 is 0 Å². The summed E-state index contributed by atoms with van der Waals surface area (Å²) in [5.41, 5.74) is 1.05. The Kier molecular flexibility index (Phi) is 2.09. The molecule has 5 heteroatoms. The van der Waals surface area contributed by atoms with Gasteiger partial charge in [-0.1, -0.05) is 0 Å². The zero-order chi connectivity index (χ0) is 10.1.